The first-order valence-electron chi connectivity index (χ1n) is 8.46. The Hall–Kier alpha value is -0.750. The Bertz CT molecular complexity index is 520. The summed E-state index contributed by atoms with van der Waals surface area (Å²) in [5, 5.41) is 6.61. The van der Waals surface area contributed by atoms with Crippen molar-refractivity contribution in [3.05, 3.63) is 17.5 Å². The lowest BCUT2D eigenvalue weighted by Crippen LogP contribution is -2.52. The fourth-order valence-electron chi connectivity index (χ4n) is 2.55. The number of rotatable bonds is 7. The normalized spacial score (nSPS) is 15.8. The van der Waals surface area contributed by atoms with Crippen LogP contribution in [-0.2, 0) is 4.74 Å². The van der Waals surface area contributed by atoms with E-state index in [0.29, 0.717) is 13.0 Å². The number of hydrogen-bond acceptors (Lipinski definition) is 4. The largest absolute Gasteiger partial charge is 0.411 e. The average Bonchev–Trinajstić information content (AvgIpc) is 3.11. The number of guanidine groups is 1. The molecule has 0 spiro atoms. The Kier molecular flexibility index (Phi) is 10.6. The number of alkyl halides is 3. The maximum absolute atomic E-state index is 12.0. The Morgan fingerprint density at radius 3 is 2.62 bits per heavy atom. The topological polar surface area (TPSA) is 40.1 Å². The van der Waals surface area contributed by atoms with Crippen molar-refractivity contribution in [1.82, 2.24) is 10.2 Å². The number of anilines is 1. The van der Waals surface area contributed by atoms with Crippen LogP contribution >= 0.6 is 35.3 Å². The van der Waals surface area contributed by atoms with E-state index in [1.54, 1.807) is 11.3 Å². The van der Waals surface area contributed by atoms with Crippen LogP contribution in [0.3, 0.4) is 0 Å². The van der Waals surface area contributed by atoms with E-state index in [1.807, 2.05) is 6.92 Å². The molecule has 0 unspecified atom stereocenters. The Morgan fingerprint density at radius 1 is 1.31 bits per heavy atom. The summed E-state index contributed by atoms with van der Waals surface area (Å²) in [6.07, 6.45) is -3.79. The van der Waals surface area contributed by atoms with Gasteiger partial charge in [0.15, 0.2) is 5.96 Å². The molecular weight excluding hydrogens is 480 g/mol. The smallest absolute Gasteiger partial charge is 0.372 e. The molecule has 26 heavy (non-hydrogen) atoms. The third-order valence-corrected chi connectivity index (χ3v) is 4.64. The zero-order chi connectivity index (χ0) is 18.1. The SMILES string of the molecule is CCNC(=NCCCOCC(F)(F)F)N1CCN(c2cccs2)CC1.I. The van der Waals surface area contributed by atoms with Crippen LogP contribution in [0.4, 0.5) is 18.2 Å². The first-order chi connectivity index (χ1) is 12.0. The Balaban J connectivity index is 0.00000338. The van der Waals surface area contributed by atoms with Crippen molar-refractivity contribution in [3.63, 3.8) is 0 Å². The number of halogens is 4. The van der Waals surface area contributed by atoms with E-state index in [1.165, 1.54) is 5.00 Å². The molecule has 150 valence electrons. The van der Waals surface area contributed by atoms with Gasteiger partial charge in [-0.3, -0.25) is 4.99 Å². The Morgan fingerprint density at radius 2 is 2.04 bits per heavy atom. The van der Waals surface area contributed by atoms with Crippen molar-refractivity contribution < 1.29 is 17.9 Å². The predicted octanol–water partition coefficient (Wildman–Crippen LogP) is 3.42. The summed E-state index contributed by atoms with van der Waals surface area (Å²) in [6.45, 7) is 5.68. The molecular formula is C16H26F3IN4OS. The second-order valence-electron chi connectivity index (χ2n) is 5.68. The highest BCUT2D eigenvalue weighted by Crippen LogP contribution is 2.22. The molecule has 1 saturated heterocycles. The Labute approximate surface area is 173 Å². The lowest BCUT2D eigenvalue weighted by molar-refractivity contribution is -0.173. The molecule has 2 heterocycles. The minimum Gasteiger partial charge on any atom is -0.372 e. The van der Waals surface area contributed by atoms with Crippen molar-refractivity contribution in [2.24, 2.45) is 4.99 Å². The van der Waals surface area contributed by atoms with Crippen LogP contribution < -0.4 is 10.2 Å². The lowest BCUT2D eigenvalue weighted by Gasteiger charge is -2.37. The minimum atomic E-state index is -4.26. The maximum atomic E-state index is 12.0. The van der Waals surface area contributed by atoms with Crippen LogP contribution in [0, 0.1) is 0 Å². The fourth-order valence-corrected chi connectivity index (χ4v) is 3.34. The summed E-state index contributed by atoms with van der Waals surface area (Å²) in [5.41, 5.74) is 0. The quantitative estimate of drug-likeness (QED) is 0.267. The van der Waals surface area contributed by atoms with Gasteiger partial charge >= 0.3 is 6.18 Å². The fraction of sp³-hybridized carbons (Fsp3) is 0.688. The van der Waals surface area contributed by atoms with Gasteiger partial charge in [0.2, 0.25) is 0 Å². The van der Waals surface area contributed by atoms with E-state index >= 15 is 0 Å². The average molecular weight is 506 g/mol. The first kappa shape index (κ1) is 23.3. The van der Waals surface area contributed by atoms with Gasteiger partial charge in [0.1, 0.15) is 6.61 Å². The van der Waals surface area contributed by atoms with Gasteiger partial charge in [0.25, 0.3) is 0 Å². The number of piperazine rings is 1. The number of nitrogens with zero attached hydrogens (tertiary/aromatic N) is 3. The highest BCUT2D eigenvalue weighted by molar-refractivity contribution is 14.0. The number of aliphatic imine (C=N–C) groups is 1. The molecule has 10 heteroatoms. The molecule has 5 nitrogen and oxygen atoms in total. The second kappa shape index (κ2) is 11.9. The third-order valence-electron chi connectivity index (χ3n) is 3.71. The summed E-state index contributed by atoms with van der Waals surface area (Å²) in [7, 11) is 0. The molecule has 1 aliphatic heterocycles. The van der Waals surface area contributed by atoms with Gasteiger partial charge < -0.3 is 19.9 Å². The van der Waals surface area contributed by atoms with Gasteiger partial charge in [0.05, 0.1) is 5.00 Å². The molecule has 1 aromatic heterocycles. The van der Waals surface area contributed by atoms with Crippen molar-refractivity contribution >= 4 is 46.3 Å². The van der Waals surface area contributed by atoms with Crippen LogP contribution in [0.1, 0.15) is 13.3 Å². The lowest BCUT2D eigenvalue weighted by atomic mass is 10.3. The van der Waals surface area contributed by atoms with Gasteiger partial charge in [-0.05, 0) is 30.9 Å². The molecule has 1 aromatic rings. The maximum Gasteiger partial charge on any atom is 0.411 e. The van der Waals surface area contributed by atoms with E-state index in [2.05, 4.69) is 42.4 Å². The van der Waals surface area contributed by atoms with Crippen LogP contribution in [0.15, 0.2) is 22.5 Å². The highest BCUT2D eigenvalue weighted by Gasteiger charge is 2.27. The molecule has 1 fully saturated rings. The van der Waals surface area contributed by atoms with E-state index < -0.39 is 12.8 Å². The van der Waals surface area contributed by atoms with Gasteiger partial charge in [-0.2, -0.15) is 13.2 Å². The van der Waals surface area contributed by atoms with Gasteiger partial charge in [0, 0.05) is 45.9 Å². The summed E-state index contributed by atoms with van der Waals surface area (Å²) in [4.78, 5) is 9.07. The van der Waals surface area contributed by atoms with Crippen molar-refractivity contribution in [3.8, 4) is 0 Å². The van der Waals surface area contributed by atoms with Crippen LogP contribution in [-0.4, -0.2) is 69.5 Å². The summed E-state index contributed by atoms with van der Waals surface area (Å²) in [5.74, 6) is 0.823. The van der Waals surface area contributed by atoms with E-state index in [0.717, 1.165) is 38.7 Å². The molecule has 1 aliphatic rings. The van der Waals surface area contributed by atoms with Crippen LogP contribution in [0.25, 0.3) is 0 Å². The number of ether oxygens (including phenoxy) is 1. The first-order valence-corrected chi connectivity index (χ1v) is 9.34. The third kappa shape index (κ3) is 8.30. The molecule has 0 amide bonds. The predicted molar refractivity (Wildman–Crippen MR) is 111 cm³/mol. The van der Waals surface area contributed by atoms with E-state index in [9.17, 15) is 13.2 Å². The second-order valence-corrected chi connectivity index (χ2v) is 6.61. The van der Waals surface area contributed by atoms with Gasteiger partial charge in [-0.25, -0.2) is 0 Å². The van der Waals surface area contributed by atoms with E-state index in [-0.39, 0.29) is 30.6 Å². The molecule has 0 bridgehead atoms. The van der Waals surface area contributed by atoms with Crippen molar-refractivity contribution in [1.29, 1.82) is 0 Å². The van der Waals surface area contributed by atoms with Crippen molar-refractivity contribution in [2.75, 3.05) is 57.4 Å². The molecule has 0 aromatic carbocycles. The molecule has 0 saturated carbocycles. The van der Waals surface area contributed by atoms with Crippen LogP contribution in [0.2, 0.25) is 0 Å². The van der Waals surface area contributed by atoms with E-state index in [4.69, 9.17) is 0 Å². The number of nitrogens with one attached hydrogen (secondary N) is 1. The zero-order valence-electron chi connectivity index (χ0n) is 14.8. The minimum absolute atomic E-state index is 0. The summed E-state index contributed by atoms with van der Waals surface area (Å²) in [6, 6.07) is 4.18. The standard InChI is InChI=1S/C16H25F3N4OS.HI/c1-2-20-15(21-6-4-11-24-13-16(17,18)19)23-9-7-22(8-10-23)14-5-3-12-25-14;/h3,5,12H,2,4,6-11,13H2,1H3,(H,20,21);1H. The number of thiophene rings is 1. The summed E-state index contributed by atoms with van der Waals surface area (Å²) >= 11 is 1.74. The van der Waals surface area contributed by atoms with Gasteiger partial charge in [-0.1, -0.05) is 0 Å². The molecule has 0 aliphatic carbocycles. The zero-order valence-corrected chi connectivity index (χ0v) is 17.9. The van der Waals surface area contributed by atoms with Crippen molar-refractivity contribution in [2.45, 2.75) is 19.5 Å². The number of hydrogen-bond donors (Lipinski definition) is 1. The monoisotopic (exact) mass is 506 g/mol. The molecule has 0 atom stereocenters. The highest BCUT2D eigenvalue weighted by atomic mass is 127. The summed E-state index contributed by atoms with van der Waals surface area (Å²) < 4.78 is 40.6. The molecule has 0 radical (unpaired) electrons. The van der Waals surface area contributed by atoms with Crippen LogP contribution in [0.5, 0.6) is 0 Å². The van der Waals surface area contributed by atoms with Gasteiger partial charge in [-0.15, -0.1) is 35.3 Å². The molecule has 1 N–H and O–H groups in total. The molecule has 2 rings (SSSR count).